The van der Waals surface area contributed by atoms with Crippen LogP contribution in [0.4, 0.5) is 11.4 Å². The molecule has 4 rings (SSSR count). The van der Waals surface area contributed by atoms with Crippen molar-refractivity contribution in [1.82, 2.24) is 0 Å². The predicted octanol–water partition coefficient (Wildman–Crippen LogP) is 5.38. The zero-order chi connectivity index (χ0) is 16.8. The molecule has 24 heavy (non-hydrogen) atoms. The number of hydrogen-bond acceptors (Lipinski definition) is 3. The van der Waals surface area contributed by atoms with Gasteiger partial charge in [0.2, 0.25) is 0 Å². The lowest BCUT2D eigenvalue weighted by Crippen LogP contribution is -2.29. The summed E-state index contributed by atoms with van der Waals surface area (Å²) < 4.78 is 0. The Morgan fingerprint density at radius 2 is 2.04 bits per heavy atom. The molecular formula is C19H17ClN2O2. The Balaban J connectivity index is 1.81. The number of benzene rings is 2. The second-order valence-corrected chi connectivity index (χ2v) is 6.94. The third-order valence-electron chi connectivity index (χ3n) is 5.04. The van der Waals surface area contributed by atoms with Gasteiger partial charge in [0.25, 0.3) is 5.69 Å². The summed E-state index contributed by atoms with van der Waals surface area (Å²) in [4.78, 5) is 10.8. The lowest BCUT2D eigenvalue weighted by atomic mass is 9.76. The number of nitrogens with one attached hydrogen (secondary N) is 1. The predicted molar refractivity (Wildman–Crippen MR) is 95.6 cm³/mol. The first-order chi connectivity index (χ1) is 11.5. The molecule has 3 atom stereocenters. The van der Waals surface area contributed by atoms with E-state index < -0.39 is 0 Å². The van der Waals surface area contributed by atoms with Gasteiger partial charge >= 0.3 is 0 Å². The minimum Gasteiger partial charge on any atom is -0.378 e. The number of aryl methyl sites for hydroxylation is 1. The van der Waals surface area contributed by atoms with Gasteiger partial charge in [-0.25, -0.2) is 0 Å². The van der Waals surface area contributed by atoms with Crippen LogP contribution >= 0.6 is 11.6 Å². The smallest absolute Gasteiger partial charge is 0.269 e. The topological polar surface area (TPSA) is 55.2 Å². The fourth-order valence-electron chi connectivity index (χ4n) is 3.90. The molecule has 2 aromatic carbocycles. The van der Waals surface area contributed by atoms with Gasteiger partial charge in [0.15, 0.2) is 0 Å². The number of non-ortho nitro benzene ring substituents is 1. The summed E-state index contributed by atoms with van der Waals surface area (Å²) in [5, 5.41) is 15.3. The Morgan fingerprint density at radius 3 is 2.83 bits per heavy atom. The van der Waals surface area contributed by atoms with Crippen molar-refractivity contribution in [3.05, 3.63) is 80.4 Å². The van der Waals surface area contributed by atoms with Crippen molar-refractivity contribution in [3.8, 4) is 0 Å². The fourth-order valence-corrected chi connectivity index (χ4v) is 4.14. The highest BCUT2D eigenvalue weighted by atomic mass is 35.5. The van der Waals surface area contributed by atoms with Crippen molar-refractivity contribution in [2.75, 3.05) is 5.32 Å². The maximum Gasteiger partial charge on any atom is 0.269 e. The molecule has 5 heteroatoms. The highest BCUT2D eigenvalue weighted by Gasteiger charge is 2.39. The molecule has 0 fully saturated rings. The molecule has 0 bridgehead atoms. The number of rotatable bonds is 2. The minimum absolute atomic E-state index is 0.0346. The van der Waals surface area contributed by atoms with E-state index in [0.717, 1.165) is 17.7 Å². The Hall–Kier alpha value is -2.33. The number of hydrogen-bond donors (Lipinski definition) is 1. The van der Waals surface area contributed by atoms with Crippen molar-refractivity contribution in [2.45, 2.75) is 25.3 Å². The normalized spacial score (nSPS) is 24.2. The van der Waals surface area contributed by atoms with E-state index in [9.17, 15) is 10.1 Å². The maximum absolute atomic E-state index is 11.1. The number of anilines is 1. The number of fused-ring (bicyclic) bond motifs is 3. The van der Waals surface area contributed by atoms with Gasteiger partial charge in [-0.3, -0.25) is 10.1 Å². The number of halogens is 1. The van der Waals surface area contributed by atoms with E-state index in [1.54, 1.807) is 12.1 Å². The van der Waals surface area contributed by atoms with Gasteiger partial charge in [0.1, 0.15) is 0 Å². The lowest BCUT2D eigenvalue weighted by Gasteiger charge is -2.38. The SMILES string of the molecule is Cc1ccc2c(c1)[C@@H]1C=CC[C@@H]1[C@@H](c1cc([N+](=O)[O-])ccc1Cl)N2. The summed E-state index contributed by atoms with van der Waals surface area (Å²) in [6.07, 6.45) is 5.39. The standard InChI is InChI=1S/C19H17ClN2O2/c1-11-5-8-18-15(9-11)13-3-2-4-14(13)19(21-18)16-10-12(22(23)24)6-7-17(16)20/h2-3,5-10,13-14,19,21H,4H2,1H3/t13-,14+,19+/m1/s1. The highest BCUT2D eigenvalue weighted by molar-refractivity contribution is 6.31. The van der Waals surface area contributed by atoms with Crippen LogP contribution in [-0.2, 0) is 0 Å². The van der Waals surface area contributed by atoms with E-state index in [1.165, 1.54) is 17.2 Å². The zero-order valence-electron chi connectivity index (χ0n) is 13.2. The molecule has 0 amide bonds. The molecule has 1 heterocycles. The molecule has 0 unspecified atom stereocenters. The third-order valence-corrected chi connectivity index (χ3v) is 5.39. The van der Waals surface area contributed by atoms with Crippen LogP contribution in [0.1, 0.15) is 35.1 Å². The molecule has 1 aliphatic carbocycles. The van der Waals surface area contributed by atoms with Crippen LogP contribution in [0.3, 0.4) is 0 Å². The Labute approximate surface area is 145 Å². The van der Waals surface area contributed by atoms with Gasteiger partial charge < -0.3 is 5.32 Å². The van der Waals surface area contributed by atoms with E-state index >= 15 is 0 Å². The minimum atomic E-state index is -0.371. The Bertz CT molecular complexity index is 862. The van der Waals surface area contributed by atoms with Crippen LogP contribution in [0, 0.1) is 23.0 Å². The Morgan fingerprint density at radius 1 is 1.21 bits per heavy atom. The van der Waals surface area contributed by atoms with Crippen molar-refractivity contribution in [2.24, 2.45) is 5.92 Å². The average molecular weight is 341 g/mol. The van der Waals surface area contributed by atoms with Gasteiger partial charge in [-0.05, 0) is 37.0 Å². The van der Waals surface area contributed by atoms with Gasteiger partial charge in [-0.2, -0.15) is 0 Å². The van der Waals surface area contributed by atoms with E-state index in [-0.39, 0.29) is 16.7 Å². The first-order valence-corrected chi connectivity index (χ1v) is 8.40. The summed E-state index contributed by atoms with van der Waals surface area (Å²) in [7, 11) is 0. The monoisotopic (exact) mass is 340 g/mol. The van der Waals surface area contributed by atoms with E-state index in [2.05, 4.69) is 42.6 Å². The second kappa shape index (κ2) is 5.64. The van der Waals surface area contributed by atoms with Crippen molar-refractivity contribution in [3.63, 3.8) is 0 Å². The summed E-state index contributed by atoms with van der Waals surface area (Å²) >= 11 is 6.39. The zero-order valence-corrected chi connectivity index (χ0v) is 14.0. The lowest BCUT2D eigenvalue weighted by molar-refractivity contribution is -0.384. The van der Waals surface area contributed by atoms with Crippen molar-refractivity contribution < 1.29 is 4.92 Å². The molecule has 122 valence electrons. The van der Waals surface area contributed by atoms with Gasteiger partial charge in [0.05, 0.1) is 11.0 Å². The van der Waals surface area contributed by atoms with Crippen LogP contribution in [0.5, 0.6) is 0 Å². The molecule has 0 saturated carbocycles. The summed E-state index contributed by atoms with van der Waals surface area (Å²) in [5.74, 6) is 0.639. The first kappa shape index (κ1) is 15.2. The third kappa shape index (κ3) is 2.38. The van der Waals surface area contributed by atoms with E-state index in [0.29, 0.717) is 16.9 Å². The molecule has 1 N–H and O–H groups in total. The molecular weight excluding hydrogens is 324 g/mol. The molecule has 2 aliphatic rings. The molecule has 2 aromatic rings. The molecule has 4 nitrogen and oxygen atoms in total. The van der Waals surface area contributed by atoms with Crippen molar-refractivity contribution >= 4 is 23.0 Å². The van der Waals surface area contributed by atoms with E-state index in [1.807, 2.05) is 0 Å². The van der Waals surface area contributed by atoms with Crippen LogP contribution in [0.2, 0.25) is 5.02 Å². The molecule has 0 spiro atoms. The largest absolute Gasteiger partial charge is 0.378 e. The van der Waals surface area contributed by atoms with E-state index in [4.69, 9.17) is 11.6 Å². The number of nitro groups is 1. The fraction of sp³-hybridized carbons (Fsp3) is 0.263. The number of nitrogens with zero attached hydrogens (tertiary/aromatic N) is 1. The van der Waals surface area contributed by atoms with Crippen molar-refractivity contribution in [1.29, 1.82) is 0 Å². The molecule has 0 saturated heterocycles. The second-order valence-electron chi connectivity index (χ2n) is 6.53. The quantitative estimate of drug-likeness (QED) is 0.453. The number of allylic oxidation sites excluding steroid dienone is 2. The van der Waals surface area contributed by atoms with Crippen LogP contribution in [0.25, 0.3) is 0 Å². The van der Waals surface area contributed by atoms with Gasteiger partial charge in [-0.1, -0.05) is 41.4 Å². The first-order valence-electron chi connectivity index (χ1n) is 8.02. The summed E-state index contributed by atoms with van der Waals surface area (Å²) in [5.41, 5.74) is 4.50. The molecule has 1 aliphatic heterocycles. The van der Waals surface area contributed by atoms with Crippen LogP contribution in [-0.4, -0.2) is 4.92 Å². The summed E-state index contributed by atoms with van der Waals surface area (Å²) in [6.45, 7) is 2.09. The Kier molecular flexibility index (Phi) is 3.57. The van der Waals surface area contributed by atoms with Gasteiger partial charge in [0, 0.05) is 34.3 Å². The van der Waals surface area contributed by atoms with Gasteiger partial charge in [-0.15, -0.1) is 0 Å². The molecule has 0 aromatic heterocycles. The summed E-state index contributed by atoms with van der Waals surface area (Å²) in [6, 6.07) is 11.0. The van der Waals surface area contributed by atoms with Crippen LogP contribution < -0.4 is 5.32 Å². The highest BCUT2D eigenvalue weighted by Crippen LogP contribution is 2.51. The maximum atomic E-state index is 11.1. The average Bonchev–Trinajstić information content (AvgIpc) is 3.04. The van der Waals surface area contributed by atoms with Crippen LogP contribution in [0.15, 0.2) is 48.6 Å². The molecule has 0 radical (unpaired) electrons. The number of nitro benzene ring substituents is 1.